The minimum atomic E-state index is -0.00857. The fourth-order valence-electron chi connectivity index (χ4n) is 9.26. The van der Waals surface area contributed by atoms with Crippen LogP contribution in [0.4, 0.5) is 34.1 Å². The monoisotopic (exact) mass is 728 g/mol. The molecule has 0 N–H and O–H groups in total. The van der Waals surface area contributed by atoms with Gasteiger partial charge < -0.3 is 19.1 Å². The first-order chi connectivity index (χ1) is 28.3. The Morgan fingerprint density at radius 2 is 1.18 bits per heavy atom. The molecule has 0 radical (unpaired) electrons. The van der Waals surface area contributed by atoms with Crippen LogP contribution in [-0.4, -0.2) is 16.3 Å². The van der Waals surface area contributed by atoms with Gasteiger partial charge in [0, 0.05) is 61.9 Å². The van der Waals surface area contributed by atoms with E-state index in [1.54, 1.807) is 0 Å². The van der Waals surface area contributed by atoms with E-state index in [2.05, 4.69) is 202 Å². The van der Waals surface area contributed by atoms with E-state index in [1.165, 1.54) is 16.6 Å². The van der Waals surface area contributed by atoms with Crippen molar-refractivity contribution < 1.29 is 4.74 Å². The van der Waals surface area contributed by atoms with Crippen LogP contribution in [-0.2, 0) is 0 Å². The van der Waals surface area contributed by atoms with Crippen LogP contribution in [0.5, 0.6) is 11.5 Å². The maximum absolute atomic E-state index is 6.96. The van der Waals surface area contributed by atoms with E-state index in [-0.39, 0.29) is 6.71 Å². The molecule has 0 aliphatic carbocycles. The van der Waals surface area contributed by atoms with E-state index in [4.69, 9.17) is 9.72 Å². The normalized spacial score (nSPS) is 12.6. The highest BCUT2D eigenvalue weighted by Crippen LogP contribution is 2.44. The van der Waals surface area contributed by atoms with E-state index in [1.807, 2.05) is 12.4 Å². The van der Waals surface area contributed by atoms with Gasteiger partial charge in [-0.05, 0) is 95.3 Å². The zero-order valence-corrected chi connectivity index (χ0v) is 30.8. The lowest BCUT2D eigenvalue weighted by atomic mass is 9.34. The molecule has 57 heavy (non-hydrogen) atoms. The number of fused-ring (bicyclic) bond motifs is 8. The Kier molecular flexibility index (Phi) is 6.95. The molecule has 2 aliphatic heterocycles. The molecule has 0 atom stereocenters. The summed E-state index contributed by atoms with van der Waals surface area (Å²) in [5.41, 5.74) is 13.6. The summed E-state index contributed by atoms with van der Waals surface area (Å²) in [6.45, 7) is -0.00857. The molecule has 6 heteroatoms. The van der Waals surface area contributed by atoms with Gasteiger partial charge in [-0.15, -0.1) is 0 Å². The third kappa shape index (κ3) is 4.80. The van der Waals surface area contributed by atoms with E-state index in [9.17, 15) is 0 Å². The zero-order valence-electron chi connectivity index (χ0n) is 30.8. The summed E-state index contributed by atoms with van der Waals surface area (Å²) in [7, 11) is 0. The lowest BCUT2D eigenvalue weighted by molar-refractivity contribution is 0.488. The molecule has 0 spiro atoms. The van der Waals surface area contributed by atoms with Crippen molar-refractivity contribution in [3.63, 3.8) is 0 Å². The van der Waals surface area contributed by atoms with E-state index < -0.39 is 0 Å². The molecule has 266 valence electrons. The Hall–Kier alpha value is -7.57. The molecule has 0 bridgehead atoms. The Balaban J connectivity index is 1.11. The van der Waals surface area contributed by atoms with Crippen LogP contribution in [0.3, 0.4) is 0 Å². The Labute approximate surface area is 330 Å². The third-order valence-corrected chi connectivity index (χ3v) is 11.7. The molecule has 8 aromatic carbocycles. The molecule has 2 aliphatic rings. The first kappa shape index (κ1) is 31.8. The van der Waals surface area contributed by atoms with Crippen LogP contribution in [0.1, 0.15) is 0 Å². The summed E-state index contributed by atoms with van der Waals surface area (Å²) in [6.07, 6.45) is 3.91. The van der Waals surface area contributed by atoms with Crippen molar-refractivity contribution in [2.24, 2.45) is 0 Å². The van der Waals surface area contributed by atoms with Crippen molar-refractivity contribution in [2.45, 2.75) is 0 Å². The number of aromatic nitrogens is 2. The van der Waals surface area contributed by atoms with E-state index >= 15 is 0 Å². The van der Waals surface area contributed by atoms with Gasteiger partial charge in [0.1, 0.15) is 11.5 Å². The van der Waals surface area contributed by atoms with Crippen molar-refractivity contribution in [1.82, 2.24) is 9.55 Å². The topological polar surface area (TPSA) is 33.5 Å². The highest BCUT2D eigenvalue weighted by molar-refractivity contribution is 6.99. The minimum absolute atomic E-state index is 0.00857. The van der Waals surface area contributed by atoms with Crippen LogP contribution in [0, 0.1) is 0 Å². The summed E-state index contributed by atoms with van der Waals surface area (Å²) < 4.78 is 9.38. The van der Waals surface area contributed by atoms with Crippen molar-refractivity contribution >= 4 is 89.8 Å². The molecule has 12 rings (SSSR count). The number of pyridine rings is 1. The lowest BCUT2D eigenvalue weighted by Gasteiger charge is -2.39. The molecule has 0 amide bonds. The van der Waals surface area contributed by atoms with Crippen molar-refractivity contribution in [1.29, 1.82) is 0 Å². The molecule has 4 heterocycles. The number of rotatable bonds is 5. The Bertz CT molecular complexity index is 3180. The van der Waals surface area contributed by atoms with Gasteiger partial charge in [-0.3, -0.25) is 4.98 Å². The predicted octanol–water partition coefficient (Wildman–Crippen LogP) is 11.2. The second-order valence-electron chi connectivity index (χ2n) is 14.8. The number of anilines is 6. The van der Waals surface area contributed by atoms with Gasteiger partial charge in [0.2, 0.25) is 0 Å². The number of ether oxygens (including phenoxy) is 1. The van der Waals surface area contributed by atoms with Crippen LogP contribution in [0.25, 0.3) is 38.3 Å². The van der Waals surface area contributed by atoms with Crippen molar-refractivity contribution in [3.05, 3.63) is 200 Å². The smallest absolute Gasteiger partial charge is 0.256 e. The van der Waals surface area contributed by atoms with Crippen LogP contribution in [0.15, 0.2) is 200 Å². The summed E-state index contributed by atoms with van der Waals surface area (Å²) in [6, 6.07) is 67.2. The number of hydrogen-bond donors (Lipinski definition) is 0. The number of para-hydroxylation sites is 4. The largest absolute Gasteiger partial charge is 0.458 e. The molecule has 0 saturated carbocycles. The maximum Gasteiger partial charge on any atom is 0.256 e. The van der Waals surface area contributed by atoms with Gasteiger partial charge in [0.15, 0.2) is 0 Å². The van der Waals surface area contributed by atoms with E-state index in [0.29, 0.717) is 0 Å². The van der Waals surface area contributed by atoms with Gasteiger partial charge in [-0.1, -0.05) is 109 Å². The number of nitrogens with zero attached hydrogens (tertiary/aromatic N) is 4. The molecule has 2 aromatic heterocycles. The molecule has 0 fully saturated rings. The standard InChI is InChI=1S/C51H33BN4O/c1-4-16-35(17-5-1)54(48-33-53-32-34-15-10-11-22-39(34)48)38-27-28-40-41-30-50-43(31-47(41)56(46(40)29-38)37-20-8-3-9-21-37)52-42-23-12-13-24-44(42)55(36-18-6-2-7-19-36)45-25-14-26-49(57-50)51(45)52/h1-33H. The molecule has 0 saturated heterocycles. The molecular weight excluding hydrogens is 695 g/mol. The molecular formula is C51H33BN4O. The molecule has 0 unspecified atom stereocenters. The van der Waals surface area contributed by atoms with Crippen molar-refractivity contribution in [3.8, 4) is 17.2 Å². The second-order valence-corrected chi connectivity index (χ2v) is 14.8. The predicted molar refractivity (Wildman–Crippen MR) is 237 cm³/mol. The first-order valence-corrected chi connectivity index (χ1v) is 19.4. The number of hydrogen-bond acceptors (Lipinski definition) is 4. The van der Waals surface area contributed by atoms with Gasteiger partial charge in [-0.25, -0.2) is 0 Å². The fraction of sp³-hybridized carbons (Fsp3) is 0. The van der Waals surface area contributed by atoms with Crippen LogP contribution < -0.4 is 30.9 Å². The van der Waals surface area contributed by atoms with Gasteiger partial charge >= 0.3 is 0 Å². The second kappa shape index (κ2) is 12.5. The quantitative estimate of drug-likeness (QED) is 0.165. The maximum atomic E-state index is 6.96. The van der Waals surface area contributed by atoms with Crippen molar-refractivity contribution in [2.75, 3.05) is 9.80 Å². The molecule has 10 aromatic rings. The fourth-order valence-corrected chi connectivity index (χ4v) is 9.26. The van der Waals surface area contributed by atoms with Gasteiger partial charge in [-0.2, -0.15) is 0 Å². The summed E-state index contributed by atoms with van der Waals surface area (Å²) in [4.78, 5) is 9.41. The van der Waals surface area contributed by atoms with Crippen LogP contribution >= 0.6 is 0 Å². The average Bonchev–Trinajstić information content (AvgIpc) is 3.59. The summed E-state index contributed by atoms with van der Waals surface area (Å²) in [5, 5.41) is 4.54. The highest BCUT2D eigenvalue weighted by Gasteiger charge is 2.42. The van der Waals surface area contributed by atoms with Crippen LogP contribution in [0.2, 0.25) is 0 Å². The average molecular weight is 729 g/mol. The molecule has 5 nitrogen and oxygen atoms in total. The summed E-state index contributed by atoms with van der Waals surface area (Å²) >= 11 is 0. The van der Waals surface area contributed by atoms with E-state index in [0.717, 1.165) is 83.7 Å². The lowest BCUT2D eigenvalue weighted by Crippen LogP contribution is -2.59. The van der Waals surface area contributed by atoms with Gasteiger partial charge in [0.05, 0.1) is 22.9 Å². The highest BCUT2D eigenvalue weighted by atomic mass is 16.5. The van der Waals surface area contributed by atoms with Gasteiger partial charge in [0.25, 0.3) is 6.71 Å². The summed E-state index contributed by atoms with van der Waals surface area (Å²) in [5.74, 6) is 1.79. The number of benzene rings is 8. The Morgan fingerprint density at radius 1 is 0.474 bits per heavy atom. The Morgan fingerprint density at radius 3 is 2.02 bits per heavy atom. The minimum Gasteiger partial charge on any atom is -0.458 e. The SMILES string of the molecule is c1ccc(N2c3ccccc3B3c4cc5c(cc4Oc4cccc2c43)c2ccc(N(c3ccccc3)c3cncc4ccccc34)cc2n5-c2ccccc2)cc1. The first-order valence-electron chi connectivity index (χ1n) is 19.4. The third-order valence-electron chi connectivity index (χ3n) is 11.7. The zero-order chi connectivity index (χ0) is 37.5.